The molecule has 0 aliphatic heterocycles. The minimum Gasteiger partial charge on any atom is -0.477 e. The number of carboxylic acids is 1. The number of ketones is 1. The molecule has 0 amide bonds. The van der Waals surface area contributed by atoms with Crippen LogP contribution in [0.3, 0.4) is 0 Å². The minimum atomic E-state index is -0.987. The van der Waals surface area contributed by atoms with Gasteiger partial charge in [-0.15, -0.1) is 0 Å². The van der Waals surface area contributed by atoms with E-state index in [1.54, 1.807) is 10.8 Å². The Kier molecular flexibility index (Phi) is 4.92. The second-order valence-corrected chi connectivity index (χ2v) is 5.78. The van der Waals surface area contributed by atoms with Crippen LogP contribution in [0.5, 0.6) is 0 Å². The molecule has 0 bridgehead atoms. The van der Waals surface area contributed by atoms with Crippen molar-refractivity contribution in [1.29, 1.82) is 0 Å². The second kappa shape index (κ2) is 6.04. The Morgan fingerprint density at radius 1 is 1.21 bits per heavy atom. The van der Waals surface area contributed by atoms with Gasteiger partial charge in [-0.05, 0) is 30.7 Å². The maximum absolute atomic E-state index is 11.4. The molecule has 0 unspecified atom stereocenters. The van der Waals surface area contributed by atoms with Gasteiger partial charge in [-0.2, -0.15) is 0 Å². The van der Waals surface area contributed by atoms with E-state index in [0.717, 1.165) is 0 Å². The van der Waals surface area contributed by atoms with E-state index in [-0.39, 0.29) is 11.5 Å². The van der Waals surface area contributed by atoms with Crippen LogP contribution in [-0.2, 0) is 6.54 Å². The maximum Gasteiger partial charge on any atom is 0.352 e. The number of carbonyl (C=O) groups excluding carboxylic acids is 1. The second-order valence-electron chi connectivity index (χ2n) is 5.78. The lowest BCUT2D eigenvalue weighted by molar-refractivity contribution is 0.0681. The molecule has 19 heavy (non-hydrogen) atoms. The lowest BCUT2D eigenvalue weighted by Crippen LogP contribution is -2.23. The average Bonchev–Trinajstić information content (AvgIpc) is 2.68. The lowest BCUT2D eigenvalue weighted by Gasteiger charge is -2.25. The zero-order valence-electron chi connectivity index (χ0n) is 12.3. The third kappa shape index (κ3) is 3.69. The minimum absolute atomic E-state index is 0.105. The summed E-state index contributed by atoms with van der Waals surface area (Å²) in [4.78, 5) is 22.6. The van der Waals surface area contributed by atoms with Crippen LogP contribution in [0.25, 0.3) is 0 Å². The van der Waals surface area contributed by atoms with Gasteiger partial charge in [-0.1, -0.05) is 27.7 Å². The number of aromatic carboxylic acids is 1. The van der Waals surface area contributed by atoms with Gasteiger partial charge in [0.05, 0.1) is 0 Å². The largest absolute Gasteiger partial charge is 0.477 e. The molecule has 1 aromatic rings. The molecule has 4 nitrogen and oxygen atoms in total. The van der Waals surface area contributed by atoms with Crippen molar-refractivity contribution in [3.63, 3.8) is 0 Å². The van der Waals surface area contributed by atoms with Gasteiger partial charge in [0.15, 0.2) is 5.78 Å². The number of nitrogens with zero attached hydrogens (tertiary/aromatic N) is 1. The fourth-order valence-corrected chi connectivity index (χ4v) is 2.45. The van der Waals surface area contributed by atoms with E-state index in [4.69, 9.17) is 0 Å². The van der Waals surface area contributed by atoms with Crippen LogP contribution in [0.4, 0.5) is 0 Å². The number of Topliss-reactive ketones (excluding diaryl/α,β-unsaturated/α-hetero) is 1. The molecule has 0 fully saturated rings. The van der Waals surface area contributed by atoms with Crippen molar-refractivity contribution >= 4 is 11.8 Å². The monoisotopic (exact) mass is 265 g/mol. The van der Waals surface area contributed by atoms with Crippen molar-refractivity contribution in [2.24, 2.45) is 17.8 Å². The predicted molar refractivity (Wildman–Crippen MR) is 74.6 cm³/mol. The average molecular weight is 265 g/mol. The first-order chi connectivity index (χ1) is 8.73. The van der Waals surface area contributed by atoms with Gasteiger partial charge in [-0.3, -0.25) is 4.79 Å². The Hall–Kier alpha value is -1.58. The van der Waals surface area contributed by atoms with Crippen molar-refractivity contribution in [2.75, 3.05) is 0 Å². The highest BCUT2D eigenvalue weighted by molar-refractivity contribution is 5.97. The van der Waals surface area contributed by atoms with Crippen molar-refractivity contribution in [2.45, 2.75) is 41.2 Å². The standard InChI is InChI=1S/C15H23NO3/c1-9(2)13(10(3)4)8-16-7-12(11(5)17)6-14(16)15(18)19/h6-7,9-10,13H,8H2,1-5H3,(H,18,19). The molecule has 0 aromatic carbocycles. The third-order valence-electron chi connectivity index (χ3n) is 3.64. The van der Waals surface area contributed by atoms with Crippen LogP contribution >= 0.6 is 0 Å². The predicted octanol–water partition coefficient (Wildman–Crippen LogP) is 3.32. The number of carbonyl (C=O) groups is 2. The molecule has 106 valence electrons. The summed E-state index contributed by atoms with van der Waals surface area (Å²) in [6.45, 7) is 10.6. The quantitative estimate of drug-likeness (QED) is 0.803. The van der Waals surface area contributed by atoms with Crippen molar-refractivity contribution in [1.82, 2.24) is 4.57 Å². The van der Waals surface area contributed by atoms with Crippen molar-refractivity contribution < 1.29 is 14.7 Å². The van der Waals surface area contributed by atoms with Gasteiger partial charge in [0.25, 0.3) is 0 Å². The lowest BCUT2D eigenvalue weighted by atomic mass is 9.85. The van der Waals surface area contributed by atoms with Crippen LogP contribution in [0.15, 0.2) is 12.3 Å². The molecule has 1 aromatic heterocycles. The Morgan fingerprint density at radius 2 is 1.74 bits per heavy atom. The summed E-state index contributed by atoms with van der Waals surface area (Å²) in [5, 5.41) is 9.22. The van der Waals surface area contributed by atoms with E-state index in [1.807, 2.05) is 0 Å². The fourth-order valence-electron chi connectivity index (χ4n) is 2.45. The van der Waals surface area contributed by atoms with Gasteiger partial charge < -0.3 is 9.67 Å². The Balaban J connectivity index is 3.11. The highest BCUT2D eigenvalue weighted by Gasteiger charge is 2.22. The molecule has 0 saturated carbocycles. The van der Waals surface area contributed by atoms with Crippen LogP contribution in [-0.4, -0.2) is 21.4 Å². The molecule has 0 spiro atoms. The van der Waals surface area contributed by atoms with Crippen LogP contribution < -0.4 is 0 Å². The first kappa shape index (κ1) is 15.5. The third-order valence-corrected chi connectivity index (χ3v) is 3.64. The Labute approximate surface area is 114 Å². The topological polar surface area (TPSA) is 59.3 Å². The normalized spacial score (nSPS) is 11.6. The van der Waals surface area contributed by atoms with E-state index < -0.39 is 5.97 Å². The van der Waals surface area contributed by atoms with Crippen LogP contribution in [0, 0.1) is 17.8 Å². The van der Waals surface area contributed by atoms with Crippen molar-refractivity contribution in [3.05, 3.63) is 23.5 Å². The summed E-state index contributed by atoms with van der Waals surface area (Å²) in [5.74, 6) is 0.214. The molecule has 1 N–H and O–H groups in total. The number of rotatable bonds is 6. The zero-order chi connectivity index (χ0) is 14.7. The smallest absolute Gasteiger partial charge is 0.352 e. The molecule has 1 rings (SSSR count). The highest BCUT2D eigenvalue weighted by Crippen LogP contribution is 2.24. The maximum atomic E-state index is 11.4. The summed E-state index contributed by atoms with van der Waals surface area (Å²) in [5.41, 5.74) is 0.653. The molecule has 4 heteroatoms. The SMILES string of the molecule is CC(=O)c1cc(C(=O)O)n(CC(C(C)C)C(C)C)c1. The summed E-state index contributed by atoms with van der Waals surface area (Å²) in [7, 11) is 0. The van der Waals surface area contributed by atoms with E-state index in [9.17, 15) is 14.7 Å². The number of carboxylic acid groups (broad SMARTS) is 1. The van der Waals surface area contributed by atoms with E-state index in [2.05, 4.69) is 27.7 Å². The number of hydrogen-bond acceptors (Lipinski definition) is 2. The summed E-state index contributed by atoms with van der Waals surface area (Å²) < 4.78 is 1.70. The summed E-state index contributed by atoms with van der Waals surface area (Å²) in [6, 6.07) is 1.46. The number of hydrogen-bond donors (Lipinski definition) is 1. The first-order valence-corrected chi connectivity index (χ1v) is 6.68. The van der Waals surface area contributed by atoms with Crippen LogP contribution in [0.2, 0.25) is 0 Å². The highest BCUT2D eigenvalue weighted by atomic mass is 16.4. The fraction of sp³-hybridized carbons (Fsp3) is 0.600. The number of aromatic nitrogens is 1. The Bertz CT molecular complexity index is 464. The molecule has 0 aliphatic rings. The van der Waals surface area contributed by atoms with Gasteiger partial charge >= 0.3 is 5.97 Å². The van der Waals surface area contributed by atoms with Crippen LogP contribution in [0.1, 0.15) is 55.5 Å². The van der Waals surface area contributed by atoms with Gasteiger partial charge in [-0.25, -0.2) is 4.79 Å². The van der Waals surface area contributed by atoms with Crippen molar-refractivity contribution in [3.8, 4) is 0 Å². The molecule has 0 radical (unpaired) electrons. The van der Waals surface area contributed by atoms with E-state index >= 15 is 0 Å². The Morgan fingerprint density at radius 3 is 2.11 bits per heavy atom. The van der Waals surface area contributed by atoms with Gasteiger partial charge in [0.2, 0.25) is 0 Å². The van der Waals surface area contributed by atoms with E-state index in [1.165, 1.54) is 13.0 Å². The molecule has 0 aliphatic carbocycles. The van der Waals surface area contributed by atoms with Gasteiger partial charge in [0.1, 0.15) is 5.69 Å². The first-order valence-electron chi connectivity index (χ1n) is 6.68. The molecular weight excluding hydrogens is 242 g/mol. The molecule has 0 saturated heterocycles. The molecule has 1 heterocycles. The molecule has 0 atom stereocenters. The van der Waals surface area contributed by atoms with Gasteiger partial charge in [0, 0.05) is 18.3 Å². The van der Waals surface area contributed by atoms with E-state index in [0.29, 0.717) is 29.9 Å². The molecular formula is C15H23NO3. The summed E-state index contributed by atoms with van der Waals surface area (Å²) in [6.07, 6.45) is 1.66. The zero-order valence-corrected chi connectivity index (χ0v) is 12.3. The summed E-state index contributed by atoms with van der Waals surface area (Å²) >= 11 is 0.